The lowest BCUT2D eigenvalue weighted by atomic mass is 10.5. The Kier molecular flexibility index (Phi) is 6.13. The summed E-state index contributed by atoms with van der Waals surface area (Å²) in [6.45, 7) is 0.892. The molecule has 5 nitrogen and oxygen atoms in total. The maximum absolute atomic E-state index is 12.2. The molecule has 1 aromatic heterocycles. The van der Waals surface area contributed by atoms with Crippen LogP contribution >= 0.6 is 27.5 Å². The summed E-state index contributed by atoms with van der Waals surface area (Å²) < 4.78 is 36.0. The molecule has 104 valence electrons. The van der Waals surface area contributed by atoms with Gasteiger partial charge in [-0.25, -0.2) is 12.7 Å². The van der Waals surface area contributed by atoms with E-state index in [1.165, 1.54) is 17.4 Å². The minimum absolute atomic E-state index is 0.0954. The second-order valence-electron chi connectivity index (χ2n) is 3.66. The fourth-order valence-electron chi connectivity index (χ4n) is 1.36. The molecule has 0 aliphatic heterocycles. The summed E-state index contributed by atoms with van der Waals surface area (Å²) in [5.41, 5.74) is 0. The SMILES string of the molecule is COCCCN(C)S(=O)(=O)c1cc(CCl)oc1Br. The first-order valence-electron chi connectivity index (χ1n) is 5.23. The maximum Gasteiger partial charge on any atom is 0.247 e. The maximum atomic E-state index is 12.2. The van der Waals surface area contributed by atoms with Gasteiger partial charge in [-0.15, -0.1) is 11.6 Å². The zero-order chi connectivity index (χ0) is 13.8. The summed E-state index contributed by atoms with van der Waals surface area (Å²) in [6.07, 6.45) is 0.629. The Balaban J connectivity index is 2.87. The number of sulfonamides is 1. The predicted molar refractivity (Wildman–Crippen MR) is 72.3 cm³/mol. The second kappa shape index (κ2) is 6.91. The number of hydrogen-bond donors (Lipinski definition) is 0. The van der Waals surface area contributed by atoms with Crippen molar-refractivity contribution in [3.63, 3.8) is 0 Å². The number of hydrogen-bond acceptors (Lipinski definition) is 4. The Bertz CT molecular complexity index is 488. The molecule has 0 fully saturated rings. The van der Waals surface area contributed by atoms with Crippen molar-refractivity contribution < 1.29 is 17.6 Å². The number of methoxy groups -OCH3 is 1. The first kappa shape index (κ1) is 16.0. The second-order valence-corrected chi connectivity index (χ2v) is 6.66. The number of nitrogens with zero attached hydrogens (tertiary/aromatic N) is 1. The lowest BCUT2D eigenvalue weighted by Crippen LogP contribution is -2.28. The van der Waals surface area contributed by atoms with E-state index in [0.29, 0.717) is 25.3 Å². The Morgan fingerprint density at radius 3 is 2.72 bits per heavy atom. The molecule has 0 aliphatic rings. The largest absolute Gasteiger partial charge is 0.452 e. The van der Waals surface area contributed by atoms with Gasteiger partial charge in [-0.2, -0.15) is 0 Å². The van der Waals surface area contributed by atoms with Crippen LogP contribution < -0.4 is 0 Å². The Morgan fingerprint density at radius 1 is 1.56 bits per heavy atom. The predicted octanol–water partition coefficient (Wildman–Crippen LogP) is 2.44. The van der Waals surface area contributed by atoms with Crippen molar-refractivity contribution in [2.75, 3.05) is 27.3 Å². The molecule has 0 amide bonds. The molecule has 0 saturated heterocycles. The van der Waals surface area contributed by atoms with Gasteiger partial charge >= 0.3 is 0 Å². The van der Waals surface area contributed by atoms with Crippen LogP contribution in [0.1, 0.15) is 12.2 Å². The number of halogens is 2. The van der Waals surface area contributed by atoms with Crippen molar-refractivity contribution in [3.05, 3.63) is 16.5 Å². The molecule has 1 heterocycles. The number of ether oxygens (including phenoxy) is 1. The third kappa shape index (κ3) is 3.71. The summed E-state index contributed by atoms with van der Waals surface area (Å²) in [4.78, 5) is 0.0954. The number of furan rings is 1. The van der Waals surface area contributed by atoms with Crippen LogP contribution in [0.25, 0.3) is 0 Å². The summed E-state index contributed by atoms with van der Waals surface area (Å²) >= 11 is 8.69. The molecule has 0 aliphatic carbocycles. The Morgan fingerprint density at radius 2 is 2.22 bits per heavy atom. The third-order valence-electron chi connectivity index (χ3n) is 2.35. The van der Waals surface area contributed by atoms with Gasteiger partial charge in [-0.05, 0) is 22.4 Å². The van der Waals surface area contributed by atoms with E-state index in [1.54, 1.807) is 7.11 Å². The van der Waals surface area contributed by atoms with Crippen molar-refractivity contribution in [2.24, 2.45) is 0 Å². The molecule has 0 unspecified atom stereocenters. The van der Waals surface area contributed by atoms with Crippen LogP contribution in [0.2, 0.25) is 0 Å². The smallest absolute Gasteiger partial charge is 0.247 e. The lowest BCUT2D eigenvalue weighted by Gasteiger charge is -2.15. The van der Waals surface area contributed by atoms with E-state index in [9.17, 15) is 8.42 Å². The van der Waals surface area contributed by atoms with Gasteiger partial charge in [-0.1, -0.05) is 0 Å². The molecular formula is C10H15BrClNO4S. The molecule has 0 aromatic carbocycles. The molecule has 0 bridgehead atoms. The zero-order valence-corrected chi connectivity index (χ0v) is 13.3. The standard InChI is InChI=1S/C10H15BrClNO4S/c1-13(4-3-5-16-2)18(14,15)9-6-8(7-12)17-10(9)11/h6H,3-5,7H2,1-2H3. The van der Waals surface area contributed by atoms with Gasteiger partial charge in [0.15, 0.2) is 4.67 Å². The summed E-state index contributed by atoms with van der Waals surface area (Å²) in [6, 6.07) is 1.43. The van der Waals surface area contributed by atoms with Gasteiger partial charge in [0.25, 0.3) is 0 Å². The fourth-order valence-corrected chi connectivity index (χ4v) is 3.66. The highest BCUT2D eigenvalue weighted by Crippen LogP contribution is 2.28. The first-order valence-corrected chi connectivity index (χ1v) is 7.99. The molecule has 0 atom stereocenters. The normalized spacial score (nSPS) is 12.3. The lowest BCUT2D eigenvalue weighted by molar-refractivity contribution is 0.189. The van der Waals surface area contributed by atoms with Crippen LogP contribution in [0.15, 0.2) is 20.0 Å². The van der Waals surface area contributed by atoms with Gasteiger partial charge in [0.05, 0.1) is 5.88 Å². The average Bonchev–Trinajstić information content (AvgIpc) is 2.71. The third-order valence-corrected chi connectivity index (χ3v) is 5.33. The van der Waals surface area contributed by atoms with Crippen LogP contribution in [0.3, 0.4) is 0 Å². The van der Waals surface area contributed by atoms with Crippen LogP contribution in [0.5, 0.6) is 0 Å². The van der Waals surface area contributed by atoms with E-state index >= 15 is 0 Å². The van der Waals surface area contributed by atoms with Gasteiger partial charge in [-0.3, -0.25) is 0 Å². The number of alkyl halides is 1. The molecule has 0 N–H and O–H groups in total. The molecule has 0 radical (unpaired) electrons. The quantitative estimate of drug-likeness (QED) is 0.553. The van der Waals surface area contributed by atoms with Crippen LogP contribution in [0, 0.1) is 0 Å². The first-order chi connectivity index (χ1) is 8.43. The van der Waals surface area contributed by atoms with Crippen molar-refractivity contribution in [1.82, 2.24) is 4.31 Å². The van der Waals surface area contributed by atoms with E-state index in [0.717, 1.165) is 0 Å². The minimum atomic E-state index is -3.56. The summed E-state index contributed by atoms with van der Waals surface area (Å²) in [5.74, 6) is 0.536. The highest BCUT2D eigenvalue weighted by Gasteiger charge is 2.26. The van der Waals surface area contributed by atoms with Crippen LogP contribution in [-0.2, 0) is 20.6 Å². The molecule has 0 saturated carbocycles. The molecule has 1 rings (SSSR count). The summed E-state index contributed by atoms with van der Waals surface area (Å²) in [5, 5.41) is 0. The molecular weight excluding hydrogens is 346 g/mol. The van der Waals surface area contributed by atoms with E-state index < -0.39 is 10.0 Å². The van der Waals surface area contributed by atoms with Gasteiger partial charge < -0.3 is 9.15 Å². The van der Waals surface area contributed by atoms with Crippen molar-refractivity contribution in [1.29, 1.82) is 0 Å². The van der Waals surface area contributed by atoms with E-state index in [2.05, 4.69) is 15.9 Å². The van der Waals surface area contributed by atoms with Crippen molar-refractivity contribution in [3.8, 4) is 0 Å². The highest BCUT2D eigenvalue weighted by atomic mass is 79.9. The van der Waals surface area contributed by atoms with Gasteiger partial charge in [0, 0.05) is 33.4 Å². The van der Waals surface area contributed by atoms with Crippen molar-refractivity contribution in [2.45, 2.75) is 17.2 Å². The molecule has 0 spiro atoms. The Hall–Kier alpha value is -0.0800. The van der Waals surface area contributed by atoms with E-state index in [1.807, 2.05) is 0 Å². The van der Waals surface area contributed by atoms with Crippen molar-refractivity contribution >= 4 is 37.6 Å². The minimum Gasteiger partial charge on any atom is -0.452 e. The molecule has 8 heteroatoms. The topological polar surface area (TPSA) is 59.8 Å². The van der Waals surface area contributed by atoms with Crippen LogP contribution in [-0.4, -0.2) is 40.0 Å². The van der Waals surface area contributed by atoms with Gasteiger partial charge in [0.2, 0.25) is 10.0 Å². The molecule has 1 aromatic rings. The zero-order valence-electron chi connectivity index (χ0n) is 10.2. The van der Waals surface area contributed by atoms with E-state index in [4.69, 9.17) is 20.8 Å². The average molecular weight is 361 g/mol. The number of rotatable bonds is 7. The highest BCUT2D eigenvalue weighted by molar-refractivity contribution is 9.10. The molecule has 18 heavy (non-hydrogen) atoms. The Labute approximate surface area is 120 Å². The van der Waals surface area contributed by atoms with E-state index in [-0.39, 0.29) is 15.4 Å². The monoisotopic (exact) mass is 359 g/mol. The fraction of sp³-hybridized carbons (Fsp3) is 0.600. The van der Waals surface area contributed by atoms with Gasteiger partial charge in [0.1, 0.15) is 10.7 Å². The summed E-state index contributed by atoms with van der Waals surface area (Å²) in [7, 11) is -0.465. The van der Waals surface area contributed by atoms with Crippen LogP contribution in [0.4, 0.5) is 0 Å².